The molecule has 1 N–H and O–H groups in total. The highest BCUT2D eigenvalue weighted by Gasteiger charge is 2.06. The van der Waals surface area contributed by atoms with Crippen LogP contribution in [0.3, 0.4) is 0 Å². The molecule has 2 aromatic carbocycles. The van der Waals surface area contributed by atoms with Gasteiger partial charge in [0.2, 0.25) is 5.91 Å². The molecule has 2 rings (SSSR count). The summed E-state index contributed by atoms with van der Waals surface area (Å²) in [7, 11) is 3.64. The molecule has 3 nitrogen and oxygen atoms in total. The van der Waals surface area contributed by atoms with Gasteiger partial charge in [0.25, 0.3) is 0 Å². The topological polar surface area (TPSA) is 32.3 Å². The lowest BCUT2D eigenvalue weighted by molar-refractivity contribution is -0.121. The number of rotatable bonds is 5. The van der Waals surface area contributed by atoms with Crippen LogP contribution >= 0.6 is 0 Å². The predicted octanol–water partition coefficient (Wildman–Crippen LogP) is 2.06. The molecule has 3 heteroatoms. The van der Waals surface area contributed by atoms with Crippen LogP contribution in [0.15, 0.2) is 42.5 Å². The van der Waals surface area contributed by atoms with Gasteiger partial charge in [0.05, 0.1) is 6.54 Å². The van der Waals surface area contributed by atoms with Gasteiger partial charge in [-0.05, 0) is 29.8 Å². The number of nitrogens with zero attached hydrogens (tertiary/aromatic N) is 1. The van der Waals surface area contributed by atoms with Gasteiger partial charge < -0.3 is 5.32 Å². The molecule has 0 atom stereocenters. The Balaban J connectivity index is 2.04. The molecule has 0 unspecified atom stereocenters. The van der Waals surface area contributed by atoms with Gasteiger partial charge in [0, 0.05) is 13.6 Å². The highest BCUT2D eigenvalue weighted by molar-refractivity contribution is 5.85. The highest BCUT2D eigenvalue weighted by Crippen LogP contribution is 2.18. The number of fused-ring (bicyclic) bond motifs is 1. The third-order valence-electron chi connectivity index (χ3n) is 3.34. The molecule has 0 heterocycles. The van der Waals surface area contributed by atoms with Gasteiger partial charge in [-0.15, -0.1) is 0 Å². The zero-order valence-corrected chi connectivity index (χ0v) is 11.5. The Bertz CT molecular complexity index is 560. The minimum Gasteiger partial charge on any atom is -0.358 e. The molecule has 0 radical (unpaired) electrons. The number of benzene rings is 2. The van der Waals surface area contributed by atoms with E-state index in [1.54, 1.807) is 7.05 Å². The second-order valence-electron chi connectivity index (χ2n) is 4.80. The standard InChI is InChI=1S/C16H20N2O/c1-17-16(19)12-18(2)11-10-14-8-5-7-13-6-3-4-9-15(13)14/h3-9H,10-12H2,1-2H3,(H,17,19). The van der Waals surface area contributed by atoms with Crippen LogP contribution in [0.4, 0.5) is 0 Å². The molecule has 1 amide bonds. The number of likely N-dealkylation sites (N-methyl/N-ethyl adjacent to an activating group) is 2. The Morgan fingerprint density at radius 1 is 1.16 bits per heavy atom. The summed E-state index contributed by atoms with van der Waals surface area (Å²) in [6.07, 6.45) is 0.953. The molecule has 0 saturated carbocycles. The maximum atomic E-state index is 11.3. The van der Waals surface area contributed by atoms with E-state index in [0.717, 1.165) is 13.0 Å². The number of carbonyl (C=O) groups excluding carboxylic acids is 1. The van der Waals surface area contributed by atoms with Crippen molar-refractivity contribution in [3.8, 4) is 0 Å². The van der Waals surface area contributed by atoms with Crippen LogP contribution < -0.4 is 5.32 Å². The van der Waals surface area contributed by atoms with E-state index in [-0.39, 0.29) is 5.91 Å². The number of amides is 1. The minimum absolute atomic E-state index is 0.0559. The van der Waals surface area contributed by atoms with Gasteiger partial charge in [-0.25, -0.2) is 0 Å². The Labute approximate surface area is 114 Å². The van der Waals surface area contributed by atoms with E-state index in [1.807, 2.05) is 11.9 Å². The fraction of sp³-hybridized carbons (Fsp3) is 0.312. The molecule has 0 aliphatic carbocycles. The van der Waals surface area contributed by atoms with E-state index >= 15 is 0 Å². The summed E-state index contributed by atoms with van der Waals surface area (Å²) in [4.78, 5) is 13.3. The average Bonchev–Trinajstić information content (AvgIpc) is 2.44. The molecule has 0 saturated heterocycles. The van der Waals surface area contributed by atoms with E-state index in [2.05, 4.69) is 47.8 Å². The lowest BCUT2D eigenvalue weighted by Gasteiger charge is -2.16. The van der Waals surface area contributed by atoms with Crippen molar-refractivity contribution in [2.24, 2.45) is 0 Å². The van der Waals surface area contributed by atoms with Gasteiger partial charge in [-0.3, -0.25) is 9.69 Å². The molecule has 100 valence electrons. The number of hydrogen-bond acceptors (Lipinski definition) is 2. The van der Waals surface area contributed by atoms with Crippen LogP contribution in [-0.4, -0.2) is 38.0 Å². The van der Waals surface area contributed by atoms with Crippen molar-refractivity contribution in [2.45, 2.75) is 6.42 Å². The molecule has 2 aromatic rings. The lowest BCUT2D eigenvalue weighted by Crippen LogP contribution is -2.34. The quantitative estimate of drug-likeness (QED) is 0.888. The summed E-state index contributed by atoms with van der Waals surface area (Å²) in [5, 5.41) is 5.22. The van der Waals surface area contributed by atoms with Gasteiger partial charge >= 0.3 is 0 Å². The van der Waals surface area contributed by atoms with E-state index in [9.17, 15) is 4.79 Å². The second-order valence-corrected chi connectivity index (χ2v) is 4.80. The highest BCUT2D eigenvalue weighted by atomic mass is 16.1. The second kappa shape index (κ2) is 6.34. The van der Waals surface area contributed by atoms with Crippen LogP contribution in [0, 0.1) is 0 Å². The SMILES string of the molecule is CNC(=O)CN(C)CCc1cccc2ccccc12. The third kappa shape index (κ3) is 3.55. The minimum atomic E-state index is 0.0559. The van der Waals surface area contributed by atoms with Crippen molar-refractivity contribution in [1.82, 2.24) is 10.2 Å². The molecular weight excluding hydrogens is 236 g/mol. The van der Waals surface area contributed by atoms with E-state index in [4.69, 9.17) is 0 Å². The van der Waals surface area contributed by atoms with Crippen molar-refractivity contribution >= 4 is 16.7 Å². The molecule has 0 aliphatic rings. The first kappa shape index (κ1) is 13.6. The Morgan fingerprint density at radius 3 is 2.68 bits per heavy atom. The van der Waals surface area contributed by atoms with Crippen molar-refractivity contribution < 1.29 is 4.79 Å². The first-order valence-corrected chi connectivity index (χ1v) is 6.56. The normalized spacial score (nSPS) is 10.9. The maximum Gasteiger partial charge on any atom is 0.233 e. The zero-order valence-electron chi connectivity index (χ0n) is 11.5. The van der Waals surface area contributed by atoms with Crippen molar-refractivity contribution in [3.63, 3.8) is 0 Å². The summed E-state index contributed by atoms with van der Waals surface area (Å²) in [6, 6.07) is 14.8. The summed E-state index contributed by atoms with van der Waals surface area (Å²) in [6.45, 7) is 1.32. The van der Waals surface area contributed by atoms with Crippen LogP contribution in [0.25, 0.3) is 10.8 Å². The summed E-state index contributed by atoms with van der Waals surface area (Å²) < 4.78 is 0. The van der Waals surface area contributed by atoms with Gasteiger partial charge in [0.1, 0.15) is 0 Å². The smallest absolute Gasteiger partial charge is 0.233 e. The largest absolute Gasteiger partial charge is 0.358 e. The molecular formula is C16H20N2O. The number of nitrogens with one attached hydrogen (secondary N) is 1. The van der Waals surface area contributed by atoms with Gasteiger partial charge in [-0.2, -0.15) is 0 Å². The molecule has 0 bridgehead atoms. The van der Waals surface area contributed by atoms with E-state index in [1.165, 1.54) is 16.3 Å². The molecule has 0 spiro atoms. The zero-order chi connectivity index (χ0) is 13.7. The molecule has 0 aliphatic heterocycles. The number of carbonyl (C=O) groups is 1. The monoisotopic (exact) mass is 256 g/mol. The van der Waals surface area contributed by atoms with Gasteiger partial charge in [-0.1, -0.05) is 42.5 Å². The lowest BCUT2D eigenvalue weighted by atomic mass is 10.0. The van der Waals surface area contributed by atoms with Gasteiger partial charge in [0.15, 0.2) is 0 Å². The van der Waals surface area contributed by atoms with Crippen molar-refractivity contribution in [3.05, 3.63) is 48.0 Å². The fourth-order valence-corrected chi connectivity index (χ4v) is 2.23. The fourth-order valence-electron chi connectivity index (χ4n) is 2.23. The van der Waals surface area contributed by atoms with Crippen LogP contribution in [0.1, 0.15) is 5.56 Å². The van der Waals surface area contributed by atoms with Crippen LogP contribution in [0.5, 0.6) is 0 Å². The number of hydrogen-bond donors (Lipinski definition) is 1. The molecule has 0 fully saturated rings. The first-order chi connectivity index (χ1) is 9.20. The molecule has 0 aromatic heterocycles. The third-order valence-corrected chi connectivity index (χ3v) is 3.34. The van der Waals surface area contributed by atoms with E-state index in [0.29, 0.717) is 6.54 Å². The summed E-state index contributed by atoms with van der Waals surface area (Å²) in [5.41, 5.74) is 1.34. The first-order valence-electron chi connectivity index (χ1n) is 6.56. The van der Waals surface area contributed by atoms with Crippen molar-refractivity contribution in [1.29, 1.82) is 0 Å². The predicted molar refractivity (Wildman–Crippen MR) is 79.2 cm³/mol. The Morgan fingerprint density at radius 2 is 1.89 bits per heavy atom. The van der Waals surface area contributed by atoms with Crippen molar-refractivity contribution in [2.75, 3.05) is 27.2 Å². The van der Waals surface area contributed by atoms with E-state index < -0.39 is 0 Å². The summed E-state index contributed by atoms with van der Waals surface area (Å²) >= 11 is 0. The Hall–Kier alpha value is -1.87. The van der Waals surface area contributed by atoms with Crippen LogP contribution in [-0.2, 0) is 11.2 Å². The molecule has 19 heavy (non-hydrogen) atoms. The summed E-state index contributed by atoms with van der Waals surface area (Å²) in [5.74, 6) is 0.0559. The van der Waals surface area contributed by atoms with Crippen LogP contribution in [0.2, 0.25) is 0 Å². The maximum absolute atomic E-state index is 11.3. The Kier molecular flexibility index (Phi) is 4.53. The average molecular weight is 256 g/mol.